The van der Waals surface area contributed by atoms with Crippen molar-refractivity contribution in [2.45, 2.75) is 47.3 Å². The topological polar surface area (TPSA) is 59.2 Å². The van der Waals surface area contributed by atoms with Gasteiger partial charge < -0.3 is 4.90 Å². The predicted molar refractivity (Wildman–Crippen MR) is 121 cm³/mol. The molecule has 0 unspecified atom stereocenters. The lowest BCUT2D eigenvalue weighted by atomic mass is 10.1. The molecule has 0 radical (unpaired) electrons. The van der Waals surface area contributed by atoms with Crippen molar-refractivity contribution in [3.63, 3.8) is 0 Å². The van der Waals surface area contributed by atoms with Gasteiger partial charge in [0, 0.05) is 62.3 Å². The maximum Gasteiger partial charge on any atom is 0.253 e. The molecule has 4 rings (SSSR count). The van der Waals surface area contributed by atoms with Gasteiger partial charge in [-0.2, -0.15) is 10.2 Å². The van der Waals surface area contributed by atoms with E-state index in [4.69, 9.17) is 0 Å². The van der Waals surface area contributed by atoms with Gasteiger partial charge in [-0.3, -0.25) is 19.1 Å². The number of piperazine rings is 1. The molecule has 0 N–H and O–H groups in total. The van der Waals surface area contributed by atoms with E-state index in [0.717, 1.165) is 74.0 Å². The van der Waals surface area contributed by atoms with Gasteiger partial charge in [0.25, 0.3) is 5.91 Å². The summed E-state index contributed by atoms with van der Waals surface area (Å²) in [7, 11) is 0. The van der Waals surface area contributed by atoms with Crippen molar-refractivity contribution in [1.82, 2.24) is 29.4 Å². The van der Waals surface area contributed by atoms with Gasteiger partial charge in [-0.15, -0.1) is 0 Å². The van der Waals surface area contributed by atoms with Crippen molar-refractivity contribution in [3.8, 4) is 0 Å². The fourth-order valence-electron chi connectivity index (χ4n) is 4.17. The Morgan fingerprint density at radius 3 is 2.26 bits per heavy atom. The van der Waals surface area contributed by atoms with Crippen LogP contribution in [0.25, 0.3) is 0 Å². The summed E-state index contributed by atoms with van der Waals surface area (Å²) in [6.45, 7) is 14.0. The van der Waals surface area contributed by atoms with Crippen molar-refractivity contribution in [2.24, 2.45) is 0 Å². The quantitative estimate of drug-likeness (QED) is 0.615. The van der Waals surface area contributed by atoms with Crippen LogP contribution in [-0.4, -0.2) is 61.4 Å². The SMILES string of the molecule is CCn1cc(CN2CCN(C(=O)c3ccc(Cn4nc(C)cc4C)cc3)CC2)c(C)n1. The minimum atomic E-state index is 0.118. The summed E-state index contributed by atoms with van der Waals surface area (Å²) in [5.74, 6) is 0.118. The fraction of sp³-hybridized carbons (Fsp3) is 0.458. The van der Waals surface area contributed by atoms with Gasteiger partial charge in [0.05, 0.1) is 17.9 Å². The number of benzene rings is 1. The van der Waals surface area contributed by atoms with E-state index in [2.05, 4.69) is 48.1 Å². The van der Waals surface area contributed by atoms with Crippen molar-refractivity contribution in [2.75, 3.05) is 26.2 Å². The molecule has 7 nitrogen and oxygen atoms in total. The van der Waals surface area contributed by atoms with Crippen LogP contribution in [0.5, 0.6) is 0 Å². The summed E-state index contributed by atoms with van der Waals surface area (Å²) in [6.07, 6.45) is 2.14. The van der Waals surface area contributed by atoms with Crippen LogP contribution in [0.4, 0.5) is 0 Å². The standard InChI is InChI=1S/C24H32N6O/c1-5-29-17-23(20(4)26-29)16-27-10-12-28(13-11-27)24(31)22-8-6-21(7-9-22)15-30-19(3)14-18(2)25-30/h6-9,14,17H,5,10-13,15-16H2,1-4H3. The highest BCUT2D eigenvalue weighted by molar-refractivity contribution is 5.94. The lowest BCUT2D eigenvalue weighted by Crippen LogP contribution is -2.48. The normalized spacial score (nSPS) is 14.9. The average molecular weight is 421 g/mol. The molecule has 0 spiro atoms. The van der Waals surface area contributed by atoms with E-state index < -0.39 is 0 Å². The molecule has 3 heterocycles. The minimum Gasteiger partial charge on any atom is -0.336 e. The first-order chi connectivity index (χ1) is 14.9. The molecule has 31 heavy (non-hydrogen) atoms. The second-order valence-corrected chi connectivity index (χ2v) is 8.45. The summed E-state index contributed by atoms with van der Waals surface area (Å²) in [6, 6.07) is 10.0. The zero-order valence-corrected chi connectivity index (χ0v) is 19.0. The molecule has 3 aromatic rings. The number of aryl methyl sites for hydroxylation is 4. The fourth-order valence-corrected chi connectivity index (χ4v) is 4.17. The Kier molecular flexibility index (Phi) is 6.23. The van der Waals surface area contributed by atoms with Crippen LogP contribution in [-0.2, 0) is 19.6 Å². The molecule has 1 aliphatic rings. The number of hydrogen-bond donors (Lipinski definition) is 0. The largest absolute Gasteiger partial charge is 0.336 e. The van der Waals surface area contributed by atoms with E-state index in [1.54, 1.807) is 0 Å². The molecular formula is C24H32N6O. The third-order valence-corrected chi connectivity index (χ3v) is 6.06. The van der Waals surface area contributed by atoms with E-state index in [-0.39, 0.29) is 5.91 Å². The molecule has 0 atom stereocenters. The number of carbonyl (C=O) groups excluding carboxylic acids is 1. The van der Waals surface area contributed by atoms with Crippen LogP contribution >= 0.6 is 0 Å². The Labute approximate surface area is 184 Å². The van der Waals surface area contributed by atoms with E-state index in [0.29, 0.717) is 0 Å². The Morgan fingerprint density at radius 2 is 1.68 bits per heavy atom. The smallest absolute Gasteiger partial charge is 0.253 e. The molecule has 0 saturated carbocycles. The molecule has 7 heteroatoms. The van der Waals surface area contributed by atoms with E-state index in [1.165, 1.54) is 5.56 Å². The molecular weight excluding hydrogens is 388 g/mol. The van der Waals surface area contributed by atoms with Crippen LogP contribution in [0.1, 0.15) is 45.5 Å². The van der Waals surface area contributed by atoms with E-state index in [1.807, 2.05) is 45.5 Å². The second kappa shape index (κ2) is 9.06. The van der Waals surface area contributed by atoms with Crippen LogP contribution in [0.3, 0.4) is 0 Å². The summed E-state index contributed by atoms with van der Waals surface area (Å²) < 4.78 is 3.99. The van der Waals surface area contributed by atoms with E-state index >= 15 is 0 Å². The summed E-state index contributed by atoms with van der Waals surface area (Å²) >= 11 is 0. The third-order valence-electron chi connectivity index (χ3n) is 6.06. The first-order valence-corrected chi connectivity index (χ1v) is 11.1. The number of aromatic nitrogens is 4. The monoisotopic (exact) mass is 420 g/mol. The zero-order valence-electron chi connectivity index (χ0n) is 19.0. The highest BCUT2D eigenvalue weighted by Gasteiger charge is 2.23. The number of carbonyl (C=O) groups is 1. The molecule has 1 aromatic carbocycles. The highest BCUT2D eigenvalue weighted by atomic mass is 16.2. The molecule has 164 valence electrons. The van der Waals surface area contributed by atoms with Crippen LogP contribution < -0.4 is 0 Å². The molecule has 1 amide bonds. The van der Waals surface area contributed by atoms with Gasteiger partial charge in [0.2, 0.25) is 0 Å². The minimum absolute atomic E-state index is 0.118. The molecule has 0 bridgehead atoms. The molecule has 0 aliphatic carbocycles. The van der Waals surface area contributed by atoms with Gasteiger partial charge >= 0.3 is 0 Å². The predicted octanol–water partition coefficient (Wildman–Crippen LogP) is 3.03. The van der Waals surface area contributed by atoms with Crippen LogP contribution in [0, 0.1) is 20.8 Å². The zero-order chi connectivity index (χ0) is 22.0. The average Bonchev–Trinajstić information content (AvgIpc) is 3.29. The lowest BCUT2D eigenvalue weighted by Gasteiger charge is -2.34. The van der Waals surface area contributed by atoms with Crippen molar-refractivity contribution >= 4 is 5.91 Å². The van der Waals surface area contributed by atoms with Crippen LogP contribution in [0.2, 0.25) is 0 Å². The van der Waals surface area contributed by atoms with Gasteiger partial charge in [-0.25, -0.2) is 0 Å². The molecule has 1 fully saturated rings. The molecule has 1 aliphatic heterocycles. The van der Waals surface area contributed by atoms with Crippen molar-refractivity contribution in [1.29, 1.82) is 0 Å². The number of hydrogen-bond acceptors (Lipinski definition) is 4. The van der Waals surface area contributed by atoms with Crippen molar-refractivity contribution < 1.29 is 4.79 Å². The number of rotatable bonds is 6. The Morgan fingerprint density at radius 1 is 0.968 bits per heavy atom. The number of amides is 1. The summed E-state index contributed by atoms with van der Waals surface area (Å²) in [4.78, 5) is 17.3. The van der Waals surface area contributed by atoms with Gasteiger partial charge in [0.1, 0.15) is 0 Å². The maximum atomic E-state index is 13.0. The molecule has 1 saturated heterocycles. The maximum absolute atomic E-state index is 13.0. The Balaban J connectivity index is 1.32. The van der Waals surface area contributed by atoms with Gasteiger partial charge in [-0.05, 0) is 51.5 Å². The third kappa shape index (κ3) is 4.88. The highest BCUT2D eigenvalue weighted by Crippen LogP contribution is 2.15. The first kappa shape index (κ1) is 21.3. The molecule has 2 aromatic heterocycles. The van der Waals surface area contributed by atoms with Crippen molar-refractivity contribution in [3.05, 3.63) is 70.3 Å². The number of nitrogens with zero attached hydrogens (tertiary/aromatic N) is 6. The second-order valence-electron chi connectivity index (χ2n) is 8.45. The Hall–Kier alpha value is -2.93. The Bertz CT molecular complexity index is 1040. The summed E-state index contributed by atoms with van der Waals surface area (Å²) in [5.41, 5.74) is 6.45. The van der Waals surface area contributed by atoms with Crippen LogP contribution in [0.15, 0.2) is 36.5 Å². The van der Waals surface area contributed by atoms with E-state index in [9.17, 15) is 4.79 Å². The van der Waals surface area contributed by atoms with Gasteiger partial charge in [0.15, 0.2) is 0 Å². The first-order valence-electron chi connectivity index (χ1n) is 11.1. The van der Waals surface area contributed by atoms with Gasteiger partial charge in [-0.1, -0.05) is 12.1 Å². The summed E-state index contributed by atoms with van der Waals surface area (Å²) in [5, 5.41) is 9.05. The lowest BCUT2D eigenvalue weighted by molar-refractivity contribution is 0.0628.